The smallest absolute Gasteiger partial charge is 0.387 e. The number of aryl methyl sites for hydroxylation is 1. The molecule has 3 rings (SSSR count). The first-order valence-corrected chi connectivity index (χ1v) is 10.0. The summed E-state index contributed by atoms with van der Waals surface area (Å²) in [7, 11) is 0. The summed E-state index contributed by atoms with van der Waals surface area (Å²) in [5, 5.41) is 3.51. The molecule has 0 spiro atoms. The monoisotopic (exact) mass is 417 g/mol. The number of rotatable bonds is 9. The Morgan fingerprint density at radius 1 is 1.14 bits per heavy atom. The Labute approximate surface area is 171 Å². The van der Waals surface area contributed by atoms with E-state index >= 15 is 0 Å². The highest BCUT2D eigenvalue weighted by atomic mass is 32.2. The minimum Gasteiger partial charge on any atom is -0.435 e. The summed E-state index contributed by atoms with van der Waals surface area (Å²) in [6, 6.07) is 16.2. The van der Waals surface area contributed by atoms with Gasteiger partial charge in [0.25, 0.3) is 0 Å². The number of aromatic nitrogens is 2. The molecule has 0 atom stereocenters. The van der Waals surface area contributed by atoms with E-state index in [9.17, 15) is 13.6 Å². The van der Waals surface area contributed by atoms with Gasteiger partial charge in [-0.25, -0.2) is 4.98 Å². The Morgan fingerprint density at radius 2 is 1.86 bits per heavy atom. The number of halogens is 2. The van der Waals surface area contributed by atoms with Gasteiger partial charge in [-0.3, -0.25) is 4.79 Å². The highest BCUT2D eigenvalue weighted by Gasteiger charge is 2.10. The maximum atomic E-state index is 12.1. The van der Waals surface area contributed by atoms with E-state index in [0.29, 0.717) is 11.7 Å². The molecule has 0 radical (unpaired) electrons. The number of imidazole rings is 1. The summed E-state index contributed by atoms with van der Waals surface area (Å²) in [6.45, 7) is -0.572. The molecule has 0 fully saturated rings. The van der Waals surface area contributed by atoms with Crippen LogP contribution >= 0.6 is 11.8 Å². The van der Waals surface area contributed by atoms with E-state index in [1.807, 2.05) is 25.1 Å². The summed E-state index contributed by atoms with van der Waals surface area (Å²) < 4.78 is 28.6. The number of thioether (sulfide) groups is 1. The molecular weight excluding hydrogens is 396 g/mol. The molecule has 152 valence electrons. The fourth-order valence-electron chi connectivity index (χ4n) is 2.67. The van der Waals surface area contributed by atoms with E-state index in [1.54, 1.807) is 12.1 Å². The van der Waals surface area contributed by atoms with E-state index in [0.717, 1.165) is 23.4 Å². The molecule has 0 saturated heterocycles. The number of nitrogens with one attached hydrogen (secondary N) is 2. The van der Waals surface area contributed by atoms with Gasteiger partial charge in [-0.2, -0.15) is 8.78 Å². The van der Waals surface area contributed by atoms with Crippen molar-refractivity contribution in [1.82, 2.24) is 15.3 Å². The molecule has 2 N–H and O–H groups in total. The van der Waals surface area contributed by atoms with Crippen molar-refractivity contribution >= 4 is 17.7 Å². The number of carbonyl (C=O) groups excluding carboxylic acids is 1. The Bertz CT molecular complexity index is 931. The van der Waals surface area contributed by atoms with Crippen LogP contribution in [0.4, 0.5) is 8.78 Å². The zero-order valence-corrected chi connectivity index (χ0v) is 16.6. The number of hydrogen-bond acceptors (Lipinski definition) is 4. The fraction of sp³-hybridized carbons (Fsp3) is 0.238. The number of H-pyrrole nitrogens is 1. The van der Waals surface area contributed by atoms with Crippen LogP contribution in [0, 0.1) is 6.92 Å². The normalized spacial score (nSPS) is 10.9. The number of carbonyl (C=O) groups is 1. The highest BCUT2D eigenvalue weighted by molar-refractivity contribution is 7.99. The van der Waals surface area contributed by atoms with Crippen LogP contribution in [0.25, 0.3) is 0 Å². The van der Waals surface area contributed by atoms with Crippen LogP contribution in [-0.2, 0) is 17.8 Å². The summed E-state index contributed by atoms with van der Waals surface area (Å²) in [5.74, 6) is 0.177. The molecule has 5 nitrogen and oxygen atoms in total. The lowest BCUT2D eigenvalue weighted by molar-refractivity contribution is -0.118. The number of ether oxygens (including phenoxy) is 1. The predicted molar refractivity (Wildman–Crippen MR) is 108 cm³/mol. The number of amides is 1. The molecule has 0 bridgehead atoms. The van der Waals surface area contributed by atoms with E-state index in [4.69, 9.17) is 0 Å². The molecule has 1 amide bonds. The van der Waals surface area contributed by atoms with Crippen molar-refractivity contribution in [2.75, 3.05) is 5.75 Å². The van der Waals surface area contributed by atoms with Gasteiger partial charge in [0.1, 0.15) is 5.75 Å². The quantitative estimate of drug-likeness (QED) is 0.509. The third kappa shape index (κ3) is 6.60. The molecule has 2 aromatic carbocycles. The molecule has 0 unspecified atom stereocenters. The van der Waals surface area contributed by atoms with Crippen molar-refractivity contribution in [2.45, 2.75) is 31.7 Å². The van der Waals surface area contributed by atoms with Gasteiger partial charge >= 0.3 is 6.61 Å². The number of aromatic amines is 1. The summed E-state index contributed by atoms with van der Waals surface area (Å²) in [5.41, 5.74) is 3.93. The lowest BCUT2D eigenvalue weighted by Crippen LogP contribution is -2.24. The first-order chi connectivity index (χ1) is 14.0. The van der Waals surface area contributed by atoms with Gasteiger partial charge < -0.3 is 15.0 Å². The van der Waals surface area contributed by atoms with Crippen LogP contribution in [0.5, 0.6) is 5.75 Å². The zero-order valence-electron chi connectivity index (χ0n) is 15.8. The van der Waals surface area contributed by atoms with Gasteiger partial charge in [0.05, 0.1) is 11.4 Å². The lowest BCUT2D eigenvalue weighted by Gasteiger charge is -2.07. The Balaban J connectivity index is 1.45. The van der Waals surface area contributed by atoms with Gasteiger partial charge in [0.15, 0.2) is 5.16 Å². The van der Waals surface area contributed by atoms with E-state index in [1.165, 1.54) is 29.5 Å². The largest absolute Gasteiger partial charge is 0.435 e. The minimum atomic E-state index is -2.85. The Hall–Kier alpha value is -2.87. The number of alkyl halides is 2. The van der Waals surface area contributed by atoms with E-state index in [-0.39, 0.29) is 17.4 Å². The van der Waals surface area contributed by atoms with Gasteiger partial charge in [-0.15, -0.1) is 0 Å². The SMILES string of the molecule is Cc1[nH]c(SCC(=O)NCc2ccc(OC(F)F)cc2)nc1Cc1ccccc1. The minimum absolute atomic E-state index is 0.0881. The molecule has 1 heterocycles. The number of hydrogen-bond donors (Lipinski definition) is 2. The Kier molecular flexibility index (Phi) is 7.24. The van der Waals surface area contributed by atoms with Crippen molar-refractivity contribution in [1.29, 1.82) is 0 Å². The second-order valence-electron chi connectivity index (χ2n) is 6.36. The van der Waals surface area contributed by atoms with Crippen molar-refractivity contribution in [3.63, 3.8) is 0 Å². The van der Waals surface area contributed by atoms with Gasteiger partial charge in [0, 0.05) is 18.7 Å². The molecule has 1 aromatic heterocycles. The predicted octanol–water partition coefficient (Wildman–Crippen LogP) is 4.32. The van der Waals surface area contributed by atoms with Crippen molar-refractivity contribution in [3.05, 3.63) is 77.1 Å². The second-order valence-corrected chi connectivity index (χ2v) is 7.33. The first kappa shape index (κ1) is 20.9. The molecule has 8 heteroatoms. The van der Waals surface area contributed by atoms with E-state index in [2.05, 4.69) is 32.2 Å². The lowest BCUT2D eigenvalue weighted by atomic mass is 10.1. The van der Waals surface area contributed by atoms with Gasteiger partial charge in [-0.05, 0) is 30.2 Å². The van der Waals surface area contributed by atoms with Crippen LogP contribution in [-0.4, -0.2) is 28.2 Å². The number of nitrogens with zero attached hydrogens (tertiary/aromatic N) is 1. The van der Waals surface area contributed by atoms with Crippen molar-refractivity contribution in [2.24, 2.45) is 0 Å². The van der Waals surface area contributed by atoms with Crippen LogP contribution in [0.15, 0.2) is 59.8 Å². The maximum Gasteiger partial charge on any atom is 0.387 e. The molecule has 0 aliphatic rings. The average molecular weight is 417 g/mol. The standard InChI is InChI=1S/C21H21F2N3O2S/c1-14-18(11-15-5-3-2-4-6-15)26-21(25-14)29-13-19(27)24-12-16-7-9-17(10-8-16)28-20(22)23/h2-10,20H,11-13H2,1H3,(H,24,27)(H,25,26). The van der Waals surface area contributed by atoms with Crippen molar-refractivity contribution < 1.29 is 18.3 Å². The Morgan fingerprint density at radius 3 is 2.55 bits per heavy atom. The first-order valence-electron chi connectivity index (χ1n) is 9.02. The molecule has 0 aliphatic heterocycles. The highest BCUT2D eigenvalue weighted by Crippen LogP contribution is 2.19. The molecule has 0 aliphatic carbocycles. The van der Waals surface area contributed by atoms with Crippen LogP contribution in [0.2, 0.25) is 0 Å². The third-order valence-electron chi connectivity index (χ3n) is 4.16. The summed E-state index contributed by atoms with van der Waals surface area (Å²) in [6.07, 6.45) is 0.737. The molecular formula is C21H21F2N3O2S. The molecule has 29 heavy (non-hydrogen) atoms. The molecule has 3 aromatic rings. The van der Waals surface area contributed by atoms with Crippen LogP contribution in [0.1, 0.15) is 22.5 Å². The third-order valence-corrected chi connectivity index (χ3v) is 5.03. The zero-order chi connectivity index (χ0) is 20.6. The average Bonchev–Trinajstić information content (AvgIpc) is 3.05. The van der Waals surface area contributed by atoms with Crippen LogP contribution < -0.4 is 10.1 Å². The fourth-order valence-corrected chi connectivity index (χ4v) is 3.44. The maximum absolute atomic E-state index is 12.1. The van der Waals surface area contributed by atoms with E-state index < -0.39 is 6.61 Å². The second kappa shape index (κ2) is 10.1. The molecule has 0 saturated carbocycles. The summed E-state index contributed by atoms with van der Waals surface area (Å²) >= 11 is 1.34. The van der Waals surface area contributed by atoms with Gasteiger partial charge in [0.2, 0.25) is 5.91 Å². The number of benzene rings is 2. The van der Waals surface area contributed by atoms with Crippen molar-refractivity contribution in [3.8, 4) is 5.75 Å². The van der Waals surface area contributed by atoms with Crippen LogP contribution in [0.3, 0.4) is 0 Å². The summed E-state index contributed by atoms with van der Waals surface area (Å²) in [4.78, 5) is 19.9. The van der Waals surface area contributed by atoms with Gasteiger partial charge in [-0.1, -0.05) is 54.2 Å². The topological polar surface area (TPSA) is 67.0 Å².